The number of anilines is 2. The van der Waals surface area contributed by atoms with Crippen molar-refractivity contribution < 1.29 is 22.8 Å². The molecular formula is C27H35F3N6O2. The number of hydrogen-bond donors (Lipinski definition) is 0. The van der Waals surface area contributed by atoms with E-state index in [9.17, 15) is 22.8 Å². The molecule has 0 radical (unpaired) electrons. The van der Waals surface area contributed by atoms with Gasteiger partial charge in [-0.3, -0.25) is 9.69 Å². The Morgan fingerprint density at radius 1 is 1.08 bits per heavy atom. The molecule has 1 aromatic carbocycles. The molecule has 3 heterocycles. The molecule has 2 aliphatic heterocycles. The molecular weight excluding hydrogens is 497 g/mol. The normalized spacial score (nSPS) is 23.4. The number of carbonyl (C=O) groups is 2. The summed E-state index contributed by atoms with van der Waals surface area (Å²) in [4.78, 5) is 31.8. The van der Waals surface area contributed by atoms with E-state index >= 15 is 0 Å². The quantitative estimate of drug-likeness (QED) is 0.575. The third-order valence-corrected chi connectivity index (χ3v) is 8.49. The highest BCUT2D eigenvalue weighted by atomic mass is 19.4. The van der Waals surface area contributed by atoms with Gasteiger partial charge in [0.05, 0.1) is 23.6 Å². The molecule has 3 fully saturated rings. The van der Waals surface area contributed by atoms with Crippen LogP contribution in [0, 0.1) is 11.8 Å². The van der Waals surface area contributed by atoms with Crippen LogP contribution in [0.1, 0.15) is 43.7 Å². The van der Waals surface area contributed by atoms with Gasteiger partial charge in [-0.2, -0.15) is 23.0 Å². The lowest BCUT2D eigenvalue weighted by Gasteiger charge is -2.28. The molecule has 3 atom stereocenters. The lowest BCUT2D eigenvalue weighted by Crippen LogP contribution is -2.36. The van der Waals surface area contributed by atoms with Gasteiger partial charge in [0.2, 0.25) is 5.91 Å². The highest BCUT2D eigenvalue weighted by Gasteiger charge is 2.44. The van der Waals surface area contributed by atoms with E-state index in [-0.39, 0.29) is 18.0 Å². The first-order valence-electron chi connectivity index (χ1n) is 13.2. The molecule has 8 nitrogen and oxygen atoms in total. The Balaban J connectivity index is 1.19. The number of aromatic nitrogens is 2. The van der Waals surface area contributed by atoms with Crippen molar-refractivity contribution in [1.29, 1.82) is 0 Å². The van der Waals surface area contributed by atoms with Crippen LogP contribution in [0.5, 0.6) is 0 Å². The van der Waals surface area contributed by atoms with Crippen molar-refractivity contribution in [3.63, 3.8) is 0 Å². The van der Waals surface area contributed by atoms with Gasteiger partial charge in [0.15, 0.2) is 0 Å². The second-order valence-electron chi connectivity index (χ2n) is 11.0. The molecule has 5 rings (SSSR count). The molecule has 1 aromatic heterocycles. The number of amides is 2. The average Bonchev–Trinajstić information content (AvgIpc) is 3.66. The summed E-state index contributed by atoms with van der Waals surface area (Å²) in [5.41, 5.74) is 0.980. The molecule has 2 amide bonds. The Bertz CT molecular complexity index is 1180. The molecule has 3 aliphatic rings. The summed E-state index contributed by atoms with van der Waals surface area (Å²) in [7, 11) is 3.62. The molecule has 0 bridgehead atoms. The van der Waals surface area contributed by atoms with Crippen LogP contribution in [0.15, 0.2) is 30.6 Å². The number of nitrogens with zero attached hydrogens (tertiary/aromatic N) is 6. The zero-order valence-electron chi connectivity index (χ0n) is 22.1. The van der Waals surface area contributed by atoms with E-state index in [1.54, 1.807) is 19.3 Å². The predicted octanol–water partition coefficient (Wildman–Crippen LogP) is 4.30. The lowest BCUT2D eigenvalue weighted by molar-refractivity contribution is -0.137. The van der Waals surface area contributed by atoms with Gasteiger partial charge >= 0.3 is 12.2 Å². The summed E-state index contributed by atoms with van der Waals surface area (Å²) in [5, 5.41) is 4.14. The van der Waals surface area contributed by atoms with Crippen LogP contribution in [0.4, 0.5) is 29.3 Å². The summed E-state index contributed by atoms with van der Waals surface area (Å²) in [5.74, 6) is 0.564. The maximum absolute atomic E-state index is 13.9. The Kier molecular flexibility index (Phi) is 7.15. The third-order valence-electron chi connectivity index (χ3n) is 8.49. The largest absolute Gasteiger partial charge is 0.418 e. The van der Waals surface area contributed by atoms with E-state index in [1.165, 1.54) is 28.8 Å². The monoisotopic (exact) mass is 532 g/mol. The smallest absolute Gasteiger partial charge is 0.371 e. The minimum absolute atomic E-state index is 0.139. The fourth-order valence-electron chi connectivity index (χ4n) is 6.26. The second kappa shape index (κ2) is 10.2. The predicted molar refractivity (Wildman–Crippen MR) is 138 cm³/mol. The van der Waals surface area contributed by atoms with Crippen LogP contribution in [0.25, 0.3) is 0 Å². The number of benzene rings is 1. The molecule has 1 aliphatic carbocycles. The van der Waals surface area contributed by atoms with Crippen LogP contribution >= 0.6 is 0 Å². The number of halogens is 3. The minimum Gasteiger partial charge on any atom is -0.371 e. The molecule has 0 unspecified atom stereocenters. The zero-order valence-corrected chi connectivity index (χ0v) is 22.1. The highest BCUT2D eigenvalue weighted by Crippen LogP contribution is 2.42. The SMILES string of the molecule is CC(=O)N(C)c1cnn(C(=O)N2C[C@H]3C[C@H](N(C)Cc4ccc(N5CCCC5)c(C(F)(F)F)c4)C[C@H]3C2)c1. The van der Waals surface area contributed by atoms with Crippen LogP contribution in [-0.4, -0.2) is 77.8 Å². The van der Waals surface area contributed by atoms with Crippen molar-refractivity contribution in [2.24, 2.45) is 11.8 Å². The third kappa shape index (κ3) is 5.25. The van der Waals surface area contributed by atoms with Gasteiger partial charge < -0.3 is 14.7 Å². The Morgan fingerprint density at radius 3 is 2.34 bits per heavy atom. The number of hydrogen-bond acceptors (Lipinski definition) is 5. The first-order valence-corrected chi connectivity index (χ1v) is 13.2. The number of alkyl halides is 3. The number of carbonyl (C=O) groups excluding carboxylic acids is 2. The average molecular weight is 533 g/mol. The summed E-state index contributed by atoms with van der Waals surface area (Å²) in [6.07, 6.45) is 2.34. The maximum atomic E-state index is 13.9. The first-order chi connectivity index (χ1) is 18.0. The topological polar surface area (TPSA) is 64.9 Å². The first kappa shape index (κ1) is 26.5. The van der Waals surface area contributed by atoms with E-state index < -0.39 is 11.7 Å². The van der Waals surface area contributed by atoms with Gasteiger partial charge in [-0.05, 0) is 62.3 Å². The summed E-state index contributed by atoms with van der Waals surface area (Å²) < 4.78 is 42.9. The van der Waals surface area contributed by atoms with Crippen LogP contribution < -0.4 is 9.80 Å². The summed E-state index contributed by atoms with van der Waals surface area (Å²) in [6.45, 7) is 4.51. The van der Waals surface area contributed by atoms with Crippen molar-refractivity contribution in [1.82, 2.24) is 19.6 Å². The minimum atomic E-state index is -4.39. The lowest BCUT2D eigenvalue weighted by atomic mass is 10.0. The molecule has 38 heavy (non-hydrogen) atoms. The van der Waals surface area contributed by atoms with Crippen molar-refractivity contribution in [3.05, 3.63) is 41.7 Å². The fraction of sp³-hybridized carbons (Fsp3) is 0.593. The van der Waals surface area contributed by atoms with Gasteiger partial charge in [0, 0.05) is 58.4 Å². The van der Waals surface area contributed by atoms with E-state index in [2.05, 4.69) is 10.00 Å². The highest BCUT2D eigenvalue weighted by molar-refractivity contribution is 5.91. The van der Waals surface area contributed by atoms with Gasteiger partial charge in [-0.25, -0.2) is 4.79 Å². The number of rotatable bonds is 5. The molecule has 0 spiro atoms. The van der Waals surface area contributed by atoms with Crippen molar-refractivity contribution in [2.45, 2.75) is 51.4 Å². The van der Waals surface area contributed by atoms with Gasteiger partial charge in [-0.15, -0.1) is 0 Å². The summed E-state index contributed by atoms with van der Waals surface area (Å²) >= 11 is 0. The molecule has 1 saturated carbocycles. The molecule has 2 saturated heterocycles. The van der Waals surface area contributed by atoms with Crippen molar-refractivity contribution in [2.75, 3.05) is 50.1 Å². The summed E-state index contributed by atoms with van der Waals surface area (Å²) in [6, 6.07) is 4.85. The Hall–Kier alpha value is -3.08. The van der Waals surface area contributed by atoms with E-state index in [0.29, 0.717) is 61.5 Å². The zero-order chi connectivity index (χ0) is 27.2. The molecule has 0 N–H and O–H groups in total. The van der Waals surface area contributed by atoms with Crippen LogP contribution in [0.3, 0.4) is 0 Å². The Morgan fingerprint density at radius 2 is 1.74 bits per heavy atom. The van der Waals surface area contributed by atoms with E-state index in [0.717, 1.165) is 25.7 Å². The van der Waals surface area contributed by atoms with Gasteiger partial charge in [0.25, 0.3) is 0 Å². The standard InChI is InChI=1S/C27H35F3N6O2/c1-18(37)33(3)23-13-31-36(17-23)26(38)35-15-20-11-22(12-21(20)16-35)32(2)14-19-6-7-25(34-8-4-5-9-34)24(10-19)27(28,29)30/h6-7,10,13,17,20-22H,4-5,8-9,11-12,14-16H2,1-3H3/t20-,21+,22+. The fourth-order valence-corrected chi connectivity index (χ4v) is 6.26. The van der Waals surface area contributed by atoms with Crippen molar-refractivity contribution >= 4 is 23.3 Å². The van der Waals surface area contributed by atoms with Gasteiger partial charge in [-0.1, -0.05) is 6.07 Å². The number of likely N-dealkylation sites (tertiary alicyclic amines) is 1. The molecule has 2 aromatic rings. The molecule has 11 heteroatoms. The van der Waals surface area contributed by atoms with Crippen LogP contribution in [0.2, 0.25) is 0 Å². The van der Waals surface area contributed by atoms with E-state index in [1.807, 2.05) is 22.9 Å². The van der Waals surface area contributed by atoms with Gasteiger partial charge in [0.1, 0.15) is 0 Å². The van der Waals surface area contributed by atoms with Crippen LogP contribution in [-0.2, 0) is 17.5 Å². The van der Waals surface area contributed by atoms with E-state index in [4.69, 9.17) is 0 Å². The van der Waals surface area contributed by atoms with Crippen molar-refractivity contribution in [3.8, 4) is 0 Å². The maximum Gasteiger partial charge on any atom is 0.418 e. The molecule has 206 valence electrons. The second-order valence-corrected chi connectivity index (χ2v) is 11.0. The Labute approximate surface area is 221 Å². The number of fused-ring (bicyclic) bond motifs is 1.